The first-order valence-corrected chi connectivity index (χ1v) is 5.43. The van der Waals surface area contributed by atoms with Crippen LogP contribution in [0.4, 0.5) is 24.9 Å². The SMILES string of the molecule is CC(C)NC(=O)CNc1cc(C(F)(F)F)nc(N)n1. The van der Waals surface area contributed by atoms with Gasteiger partial charge in [0.25, 0.3) is 0 Å². The molecule has 6 nitrogen and oxygen atoms in total. The zero-order chi connectivity index (χ0) is 14.6. The van der Waals surface area contributed by atoms with Gasteiger partial charge in [0.1, 0.15) is 5.82 Å². The van der Waals surface area contributed by atoms with Gasteiger partial charge in [-0.1, -0.05) is 0 Å². The summed E-state index contributed by atoms with van der Waals surface area (Å²) in [6.07, 6.45) is -4.62. The van der Waals surface area contributed by atoms with Crippen LogP contribution in [0, 0.1) is 0 Å². The van der Waals surface area contributed by atoms with Crippen LogP contribution in [0.15, 0.2) is 6.07 Å². The molecule has 106 valence electrons. The predicted molar refractivity (Wildman–Crippen MR) is 63.2 cm³/mol. The summed E-state index contributed by atoms with van der Waals surface area (Å²) >= 11 is 0. The van der Waals surface area contributed by atoms with Gasteiger partial charge in [0, 0.05) is 12.1 Å². The molecule has 0 fully saturated rings. The maximum absolute atomic E-state index is 12.5. The van der Waals surface area contributed by atoms with Gasteiger partial charge in [-0.2, -0.15) is 18.2 Å². The maximum atomic E-state index is 12.5. The van der Waals surface area contributed by atoms with Crippen molar-refractivity contribution >= 4 is 17.7 Å². The van der Waals surface area contributed by atoms with Gasteiger partial charge in [0.05, 0.1) is 6.54 Å². The third kappa shape index (κ3) is 4.98. The van der Waals surface area contributed by atoms with Gasteiger partial charge in [-0.3, -0.25) is 4.79 Å². The zero-order valence-corrected chi connectivity index (χ0v) is 10.4. The summed E-state index contributed by atoms with van der Waals surface area (Å²) in [7, 11) is 0. The molecule has 0 unspecified atom stereocenters. The van der Waals surface area contributed by atoms with Crippen molar-refractivity contribution in [3.63, 3.8) is 0 Å². The number of nitrogens with one attached hydrogen (secondary N) is 2. The van der Waals surface area contributed by atoms with E-state index in [4.69, 9.17) is 5.73 Å². The van der Waals surface area contributed by atoms with Crippen molar-refractivity contribution in [3.05, 3.63) is 11.8 Å². The minimum absolute atomic E-state index is 0.0597. The van der Waals surface area contributed by atoms with Crippen LogP contribution in [0.5, 0.6) is 0 Å². The molecule has 0 aliphatic carbocycles. The fourth-order valence-corrected chi connectivity index (χ4v) is 1.25. The minimum Gasteiger partial charge on any atom is -0.368 e. The van der Waals surface area contributed by atoms with Gasteiger partial charge < -0.3 is 16.4 Å². The van der Waals surface area contributed by atoms with Gasteiger partial charge >= 0.3 is 6.18 Å². The summed E-state index contributed by atoms with van der Waals surface area (Å²) in [5.74, 6) is -1.03. The van der Waals surface area contributed by atoms with Crippen LogP contribution < -0.4 is 16.4 Å². The first-order chi connectivity index (χ1) is 8.68. The van der Waals surface area contributed by atoms with E-state index in [1.54, 1.807) is 13.8 Å². The summed E-state index contributed by atoms with van der Waals surface area (Å²) < 4.78 is 37.4. The van der Waals surface area contributed by atoms with Gasteiger partial charge in [-0.25, -0.2) is 4.98 Å². The second-order valence-electron chi connectivity index (χ2n) is 4.07. The molecular weight excluding hydrogens is 263 g/mol. The predicted octanol–water partition coefficient (Wildman–Crippen LogP) is 1.01. The minimum atomic E-state index is -4.62. The molecule has 9 heteroatoms. The number of amides is 1. The number of nitrogens with zero attached hydrogens (tertiary/aromatic N) is 2. The molecule has 0 aliphatic heterocycles. The monoisotopic (exact) mass is 277 g/mol. The molecule has 0 aliphatic rings. The Kier molecular flexibility index (Phi) is 4.52. The number of nitrogen functional groups attached to an aromatic ring is 1. The van der Waals surface area contributed by atoms with E-state index in [0.29, 0.717) is 6.07 Å². The van der Waals surface area contributed by atoms with Gasteiger partial charge in [0.2, 0.25) is 11.9 Å². The number of nitrogens with two attached hydrogens (primary N) is 1. The average molecular weight is 277 g/mol. The van der Waals surface area contributed by atoms with Crippen LogP contribution in [0.2, 0.25) is 0 Å². The van der Waals surface area contributed by atoms with E-state index >= 15 is 0 Å². The molecule has 1 aromatic heterocycles. The van der Waals surface area contributed by atoms with Crippen molar-refractivity contribution in [2.75, 3.05) is 17.6 Å². The molecule has 0 bridgehead atoms. The van der Waals surface area contributed by atoms with Crippen LogP contribution in [-0.2, 0) is 11.0 Å². The Labute approximate surface area is 107 Å². The lowest BCUT2D eigenvalue weighted by Crippen LogP contribution is -2.35. The van der Waals surface area contributed by atoms with Crippen LogP contribution in [-0.4, -0.2) is 28.5 Å². The van der Waals surface area contributed by atoms with Crippen molar-refractivity contribution in [3.8, 4) is 0 Å². The summed E-state index contributed by atoms with van der Waals surface area (Å²) in [5.41, 5.74) is 4.02. The fraction of sp³-hybridized carbons (Fsp3) is 0.500. The van der Waals surface area contributed by atoms with Crippen LogP contribution in [0.3, 0.4) is 0 Å². The number of anilines is 2. The number of hydrogen-bond donors (Lipinski definition) is 3. The molecule has 0 radical (unpaired) electrons. The molecule has 19 heavy (non-hydrogen) atoms. The topological polar surface area (TPSA) is 92.9 Å². The molecule has 1 heterocycles. The second-order valence-corrected chi connectivity index (χ2v) is 4.07. The molecule has 0 atom stereocenters. The van der Waals surface area contributed by atoms with Crippen molar-refractivity contribution in [2.24, 2.45) is 0 Å². The molecule has 0 aromatic carbocycles. The smallest absolute Gasteiger partial charge is 0.368 e. The number of alkyl halides is 3. The molecule has 1 aromatic rings. The number of carbonyl (C=O) groups is 1. The second kappa shape index (κ2) is 5.72. The average Bonchev–Trinajstić information content (AvgIpc) is 2.23. The van der Waals surface area contributed by atoms with E-state index in [9.17, 15) is 18.0 Å². The lowest BCUT2D eigenvalue weighted by molar-refractivity contribution is -0.141. The van der Waals surface area contributed by atoms with Gasteiger partial charge in [-0.05, 0) is 13.8 Å². The zero-order valence-electron chi connectivity index (χ0n) is 10.4. The molecule has 4 N–H and O–H groups in total. The van der Waals surface area contributed by atoms with Crippen LogP contribution >= 0.6 is 0 Å². The summed E-state index contributed by atoms with van der Waals surface area (Å²) in [6.45, 7) is 3.33. The molecule has 0 saturated carbocycles. The summed E-state index contributed by atoms with van der Waals surface area (Å²) in [5, 5.41) is 5.03. The van der Waals surface area contributed by atoms with E-state index < -0.39 is 17.8 Å². The van der Waals surface area contributed by atoms with Crippen molar-refractivity contribution < 1.29 is 18.0 Å². The third-order valence-corrected chi connectivity index (χ3v) is 1.91. The quantitative estimate of drug-likeness (QED) is 0.764. The first-order valence-electron chi connectivity index (χ1n) is 5.43. The summed E-state index contributed by atoms with van der Waals surface area (Å²) in [6, 6.07) is 0.634. The largest absolute Gasteiger partial charge is 0.433 e. The normalized spacial score (nSPS) is 11.5. The van der Waals surface area contributed by atoms with Crippen LogP contribution in [0.25, 0.3) is 0 Å². The van der Waals surface area contributed by atoms with E-state index in [-0.39, 0.29) is 24.3 Å². The Morgan fingerprint density at radius 2 is 2.05 bits per heavy atom. The number of carbonyl (C=O) groups excluding carboxylic acids is 1. The van der Waals surface area contributed by atoms with E-state index in [1.165, 1.54) is 0 Å². The standard InChI is InChI=1S/C10H14F3N5O/c1-5(2)16-8(19)4-15-7-3-6(10(11,12)13)17-9(14)18-7/h3,5H,4H2,1-2H3,(H,16,19)(H3,14,15,17,18). The molecular formula is C10H14F3N5O. The van der Waals surface area contributed by atoms with Crippen molar-refractivity contribution in [1.29, 1.82) is 0 Å². The van der Waals surface area contributed by atoms with Crippen molar-refractivity contribution in [1.82, 2.24) is 15.3 Å². The highest BCUT2D eigenvalue weighted by Gasteiger charge is 2.33. The highest BCUT2D eigenvalue weighted by atomic mass is 19.4. The molecule has 1 rings (SSSR count). The van der Waals surface area contributed by atoms with E-state index in [0.717, 1.165) is 0 Å². The van der Waals surface area contributed by atoms with E-state index in [1.807, 2.05) is 0 Å². The molecule has 0 spiro atoms. The number of rotatable bonds is 4. The Morgan fingerprint density at radius 1 is 1.42 bits per heavy atom. The van der Waals surface area contributed by atoms with Gasteiger partial charge in [-0.15, -0.1) is 0 Å². The Bertz CT molecular complexity index is 461. The molecule has 1 amide bonds. The number of halogens is 3. The van der Waals surface area contributed by atoms with E-state index in [2.05, 4.69) is 20.6 Å². The highest BCUT2D eigenvalue weighted by molar-refractivity contribution is 5.80. The lowest BCUT2D eigenvalue weighted by atomic mass is 10.3. The Hall–Kier alpha value is -2.06. The van der Waals surface area contributed by atoms with Crippen molar-refractivity contribution in [2.45, 2.75) is 26.1 Å². The van der Waals surface area contributed by atoms with Gasteiger partial charge in [0.15, 0.2) is 5.69 Å². The summed E-state index contributed by atoms with van der Waals surface area (Å²) in [4.78, 5) is 18.0. The lowest BCUT2D eigenvalue weighted by Gasteiger charge is -2.11. The first kappa shape index (κ1) is 15.0. The molecule has 0 saturated heterocycles. The van der Waals surface area contributed by atoms with Crippen LogP contribution in [0.1, 0.15) is 19.5 Å². The number of hydrogen-bond acceptors (Lipinski definition) is 5. The Morgan fingerprint density at radius 3 is 2.58 bits per heavy atom. The Balaban J connectivity index is 2.74. The highest BCUT2D eigenvalue weighted by Crippen LogP contribution is 2.29. The third-order valence-electron chi connectivity index (χ3n) is 1.91. The maximum Gasteiger partial charge on any atom is 0.433 e. The number of aromatic nitrogens is 2. The fourth-order valence-electron chi connectivity index (χ4n) is 1.25.